The fourth-order valence-electron chi connectivity index (χ4n) is 2.11. The van der Waals surface area contributed by atoms with Gasteiger partial charge in [0.1, 0.15) is 5.75 Å². The van der Waals surface area contributed by atoms with Crippen LogP contribution < -0.4 is 0 Å². The van der Waals surface area contributed by atoms with Crippen molar-refractivity contribution in [1.29, 1.82) is 0 Å². The van der Waals surface area contributed by atoms with Gasteiger partial charge in [-0.2, -0.15) is 0 Å². The van der Waals surface area contributed by atoms with Gasteiger partial charge < -0.3 is 4.90 Å². The summed E-state index contributed by atoms with van der Waals surface area (Å²) < 4.78 is 12.8. The lowest BCUT2D eigenvalue weighted by Gasteiger charge is -2.19. The maximum atomic E-state index is 12.8. The van der Waals surface area contributed by atoms with E-state index >= 15 is 0 Å². The number of amides is 1. The molecule has 0 aliphatic heterocycles. The summed E-state index contributed by atoms with van der Waals surface area (Å²) in [7, 11) is 1.90. The van der Waals surface area contributed by atoms with E-state index in [9.17, 15) is 9.00 Å². The molecule has 0 radical (unpaired) electrons. The average molecular weight is 370 g/mol. The molecule has 0 N–H and O–H groups in total. The minimum Gasteiger partial charge on any atom is -0.348 e. The van der Waals surface area contributed by atoms with Crippen LogP contribution in [-0.4, -0.2) is 34.9 Å². The maximum Gasteiger partial charge on any atom is 0.234 e. The number of halogens is 2. The molecule has 0 heterocycles. The highest BCUT2D eigenvalue weighted by Crippen LogP contribution is 2.30. The van der Waals surface area contributed by atoms with Crippen LogP contribution in [0.1, 0.15) is 16.4 Å². The smallest absolute Gasteiger partial charge is 0.234 e. The number of hydrogen-bond donors (Lipinski definition) is 0. The number of carbonyl (C=O) groups excluding carboxylic acids is 1. The van der Waals surface area contributed by atoms with Gasteiger partial charge in [0, 0.05) is 34.9 Å². The molecule has 0 spiro atoms. The number of carbonyl (C=O) groups is 1. The van der Waals surface area contributed by atoms with E-state index in [4.69, 9.17) is 23.2 Å². The SMILES string of the molecule is CN(C)C(=O)CS(=O)C(c1ccc(Cl)cc1)c1ccc(Cl)cc1. The van der Waals surface area contributed by atoms with Gasteiger partial charge in [-0.25, -0.2) is 0 Å². The molecule has 23 heavy (non-hydrogen) atoms. The van der Waals surface area contributed by atoms with E-state index in [-0.39, 0.29) is 11.7 Å². The highest BCUT2D eigenvalue weighted by molar-refractivity contribution is 7.86. The van der Waals surface area contributed by atoms with E-state index in [1.165, 1.54) is 4.90 Å². The molecule has 0 saturated heterocycles. The van der Waals surface area contributed by atoms with Crippen LogP contribution in [0.3, 0.4) is 0 Å². The predicted molar refractivity (Wildman–Crippen MR) is 96.5 cm³/mol. The van der Waals surface area contributed by atoms with Crippen molar-refractivity contribution < 1.29 is 9.00 Å². The van der Waals surface area contributed by atoms with Crippen molar-refractivity contribution in [2.75, 3.05) is 19.8 Å². The molecular weight excluding hydrogens is 353 g/mol. The molecule has 1 atom stereocenters. The van der Waals surface area contributed by atoms with E-state index in [0.717, 1.165) is 11.1 Å². The molecule has 2 aromatic rings. The van der Waals surface area contributed by atoms with Crippen LogP contribution in [0.15, 0.2) is 48.5 Å². The van der Waals surface area contributed by atoms with Gasteiger partial charge in [0.25, 0.3) is 0 Å². The summed E-state index contributed by atoms with van der Waals surface area (Å²) in [5.41, 5.74) is 1.70. The topological polar surface area (TPSA) is 37.4 Å². The average Bonchev–Trinajstić information content (AvgIpc) is 2.51. The van der Waals surface area contributed by atoms with E-state index in [0.29, 0.717) is 10.0 Å². The van der Waals surface area contributed by atoms with Gasteiger partial charge in [0.2, 0.25) is 5.91 Å². The Hall–Kier alpha value is -1.36. The molecule has 122 valence electrons. The van der Waals surface area contributed by atoms with Crippen molar-refractivity contribution in [1.82, 2.24) is 4.90 Å². The molecule has 2 aromatic carbocycles. The molecule has 0 fully saturated rings. The quantitative estimate of drug-likeness (QED) is 0.800. The van der Waals surface area contributed by atoms with Crippen LogP contribution in [0.4, 0.5) is 0 Å². The van der Waals surface area contributed by atoms with E-state index in [1.807, 2.05) is 24.3 Å². The zero-order chi connectivity index (χ0) is 17.0. The minimum atomic E-state index is -1.40. The Balaban J connectivity index is 2.38. The fraction of sp³-hybridized carbons (Fsp3) is 0.235. The van der Waals surface area contributed by atoms with E-state index in [1.54, 1.807) is 38.4 Å². The normalized spacial score (nSPS) is 12.2. The zero-order valence-electron chi connectivity index (χ0n) is 12.8. The second-order valence-corrected chi connectivity index (χ2v) is 7.69. The third-order valence-corrected chi connectivity index (χ3v) is 5.48. The monoisotopic (exact) mass is 369 g/mol. The Morgan fingerprint density at radius 1 is 0.957 bits per heavy atom. The highest BCUT2D eigenvalue weighted by Gasteiger charge is 2.24. The van der Waals surface area contributed by atoms with Crippen molar-refractivity contribution >= 4 is 39.9 Å². The first-order valence-electron chi connectivity index (χ1n) is 6.96. The molecule has 1 amide bonds. The summed E-state index contributed by atoms with van der Waals surface area (Å²) in [4.78, 5) is 13.4. The number of nitrogens with zero attached hydrogens (tertiary/aromatic N) is 1. The van der Waals surface area contributed by atoms with Crippen molar-refractivity contribution in [2.45, 2.75) is 5.25 Å². The largest absolute Gasteiger partial charge is 0.348 e. The lowest BCUT2D eigenvalue weighted by atomic mass is 10.0. The fourth-order valence-corrected chi connectivity index (χ4v) is 3.95. The summed E-state index contributed by atoms with van der Waals surface area (Å²) in [6.45, 7) is 0. The first-order chi connectivity index (χ1) is 10.9. The van der Waals surface area contributed by atoms with E-state index < -0.39 is 16.0 Å². The van der Waals surface area contributed by atoms with Crippen molar-refractivity contribution in [3.8, 4) is 0 Å². The summed E-state index contributed by atoms with van der Waals surface area (Å²) >= 11 is 11.9. The van der Waals surface area contributed by atoms with Crippen LogP contribution in [0.5, 0.6) is 0 Å². The van der Waals surface area contributed by atoms with Crippen LogP contribution in [0.2, 0.25) is 10.0 Å². The van der Waals surface area contributed by atoms with Crippen LogP contribution in [0, 0.1) is 0 Å². The minimum absolute atomic E-state index is 0.0388. The number of rotatable bonds is 5. The Bertz CT molecular complexity index is 654. The van der Waals surface area contributed by atoms with Gasteiger partial charge in [0.15, 0.2) is 0 Å². The van der Waals surface area contributed by atoms with Gasteiger partial charge in [0.05, 0.1) is 5.25 Å². The molecule has 0 aromatic heterocycles. The first kappa shape index (κ1) is 18.0. The Morgan fingerprint density at radius 3 is 1.70 bits per heavy atom. The lowest BCUT2D eigenvalue weighted by Crippen LogP contribution is -2.28. The van der Waals surface area contributed by atoms with Gasteiger partial charge in [-0.05, 0) is 35.4 Å². The zero-order valence-corrected chi connectivity index (χ0v) is 15.2. The summed E-state index contributed by atoms with van der Waals surface area (Å²) in [6.07, 6.45) is 0. The van der Waals surface area contributed by atoms with Gasteiger partial charge in [-0.3, -0.25) is 9.00 Å². The maximum absolute atomic E-state index is 12.8. The molecule has 0 aliphatic carbocycles. The van der Waals surface area contributed by atoms with E-state index in [2.05, 4.69) is 0 Å². The van der Waals surface area contributed by atoms with Gasteiger partial charge >= 0.3 is 0 Å². The van der Waals surface area contributed by atoms with Gasteiger partial charge in [-0.15, -0.1) is 0 Å². The third-order valence-electron chi connectivity index (χ3n) is 3.37. The lowest BCUT2D eigenvalue weighted by molar-refractivity contribution is -0.125. The summed E-state index contributed by atoms with van der Waals surface area (Å²) in [5.74, 6) is -0.209. The second kappa shape index (κ2) is 7.95. The molecule has 0 bridgehead atoms. The Labute approximate surface area is 148 Å². The number of hydrogen-bond acceptors (Lipinski definition) is 2. The standard InChI is InChI=1S/C17H17Cl2NO2S/c1-20(2)16(21)11-23(22)17(12-3-7-14(18)8-4-12)13-5-9-15(19)10-6-13/h3-10,17H,11H2,1-2H3. The molecular formula is C17H17Cl2NO2S. The summed E-state index contributed by atoms with van der Waals surface area (Å²) in [6, 6.07) is 14.4. The predicted octanol–water partition coefficient (Wildman–Crippen LogP) is 3.92. The summed E-state index contributed by atoms with van der Waals surface area (Å²) in [5, 5.41) is 0.811. The molecule has 0 saturated carbocycles. The van der Waals surface area contributed by atoms with Crippen molar-refractivity contribution in [2.24, 2.45) is 0 Å². The van der Waals surface area contributed by atoms with Crippen LogP contribution in [-0.2, 0) is 15.6 Å². The second-order valence-electron chi connectivity index (χ2n) is 5.30. The van der Waals surface area contributed by atoms with Crippen molar-refractivity contribution in [3.05, 3.63) is 69.7 Å². The number of benzene rings is 2. The molecule has 3 nitrogen and oxygen atoms in total. The highest BCUT2D eigenvalue weighted by atomic mass is 35.5. The Kier molecular flexibility index (Phi) is 6.22. The molecule has 0 aliphatic rings. The third kappa shape index (κ3) is 4.80. The molecule has 6 heteroatoms. The molecule has 1 unspecified atom stereocenters. The van der Waals surface area contributed by atoms with Gasteiger partial charge in [-0.1, -0.05) is 47.5 Å². The van der Waals surface area contributed by atoms with Crippen LogP contribution in [0.25, 0.3) is 0 Å². The van der Waals surface area contributed by atoms with Crippen molar-refractivity contribution in [3.63, 3.8) is 0 Å². The Morgan fingerprint density at radius 2 is 1.35 bits per heavy atom. The van der Waals surface area contributed by atoms with Crippen LogP contribution >= 0.6 is 23.2 Å². The first-order valence-corrected chi connectivity index (χ1v) is 9.10. The molecule has 2 rings (SSSR count).